The molecule has 0 saturated heterocycles. The van der Waals surface area contributed by atoms with Gasteiger partial charge in [-0.3, -0.25) is 4.79 Å². The van der Waals surface area contributed by atoms with Crippen LogP contribution in [0.5, 0.6) is 5.75 Å². The van der Waals surface area contributed by atoms with Gasteiger partial charge in [-0.1, -0.05) is 0 Å². The lowest BCUT2D eigenvalue weighted by Gasteiger charge is -2.15. The molecule has 0 aliphatic carbocycles. The van der Waals surface area contributed by atoms with E-state index in [0.717, 1.165) is 6.92 Å². The van der Waals surface area contributed by atoms with E-state index in [-0.39, 0.29) is 0 Å². The molecule has 0 heterocycles. The second-order valence-electron chi connectivity index (χ2n) is 4.39. The van der Waals surface area contributed by atoms with Crippen LogP contribution >= 0.6 is 0 Å². The summed E-state index contributed by atoms with van der Waals surface area (Å²) >= 11 is 0. The number of benzene rings is 1. The van der Waals surface area contributed by atoms with Crippen LogP contribution in [0.3, 0.4) is 0 Å². The molecule has 0 radical (unpaired) electrons. The molecule has 0 unspecified atom stereocenters. The van der Waals surface area contributed by atoms with Crippen molar-refractivity contribution in [2.45, 2.75) is 25.0 Å². The lowest BCUT2D eigenvalue weighted by Crippen LogP contribution is -2.28. The summed E-state index contributed by atoms with van der Waals surface area (Å²) in [5.74, 6) is -1.71. The summed E-state index contributed by atoms with van der Waals surface area (Å²) in [6, 6.07) is 1.32. The third kappa shape index (κ3) is 5.28. The average molecular weight is 380 g/mol. The number of esters is 1. The molecule has 0 spiro atoms. The lowest BCUT2D eigenvalue weighted by molar-refractivity contribution is -0.141. The van der Waals surface area contributed by atoms with Crippen molar-refractivity contribution in [3.05, 3.63) is 29.3 Å². The minimum Gasteiger partial charge on any atom is -0.466 e. The van der Waals surface area contributed by atoms with Gasteiger partial charge in [-0.15, -0.1) is 0 Å². The largest absolute Gasteiger partial charge is 0.534 e. The fraction of sp³-hybridized carbons (Fsp3) is 0.417. The molecule has 0 aromatic heterocycles. The maximum atomic E-state index is 12.8. The van der Waals surface area contributed by atoms with Crippen LogP contribution in [0.15, 0.2) is 18.2 Å². The first kappa shape index (κ1) is 20.1. The number of alkyl halides is 6. The maximum Gasteiger partial charge on any atom is 0.534 e. The molecule has 0 N–H and O–H groups in total. The number of ether oxygens (including phenoxy) is 1. The zero-order valence-corrected chi connectivity index (χ0v) is 12.7. The van der Waals surface area contributed by atoms with Crippen molar-refractivity contribution in [1.29, 1.82) is 0 Å². The van der Waals surface area contributed by atoms with Gasteiger partial charge in [0.05, 0.1) is 12.2 Å². The van der Waals surface area contributed by atoms with Gasteiger partial charge < -0.3 is 8.92 Å². The third-order valence-electron chi connectivity index (χ3n) is 2.55. The zero-order chi connectivity index (χ0) is 18.8. The summed E-state index contributed by atoms with van der Waals surface area (Å²) in [5, 5.41) is 0. The Balaban J connectivity index is 3.16. The van der Waals surface area contributed by atoms with E-state index in [4.69, 9.17) is 0 Å². The number of rotatable bonds is 5. The Kier molecular flexibility index (Phi) is 5.74. The molecule has 0 aliphatic rings. The first-order valence-corrected chi connectivity index (χ1v) is 7.49. The molecule has 24 heavy (non-hydrogen) atoms. The van der Waals surface area contributed by atoms with E-state index in [1.165, 1.54) is 0 Å². The van der Waals surface area contributed by atoms with E-state index in [0.29, 0.717) is 18.2 Å². The Morgan fingerprint density at radius 3 is 2.17 bits per heavy atom. The first-order valence-electron chi connectivity index (χ1n) is 6.08. The monoisotopic (exact) mass is 380 g/mol. The molecule has 0 bridgehead atoms. The minimum absolute atomic E-state index is 0.379. The SMILES string of the molecule is CC(=O)OCCc1cc(OS(=O)(=O)C(F)(F)F)ccc1C(F)(F)F. The van der Waals surface area contributed by atoms with Crippen LogP contribution in [-0.4, -0.2) is 26.5 Å². The highest BCUT2D eigenvalue weighted by Crippen LogP contribution is 2.35. The molecule has 1 rings (SSSR count). The second-order valence-corrected chi connectivity index (χ2v) is 5.93. The molecular weight excluding hydrogens is 370 g/mol. The van der Waals surface area contributed by atoms with Crippen LogP contribution in [0.25, 0.3) is 0 Å². The predicted octanol–water partition coefficient (Wildman–Crippen LogP) is 3.04. The molecule has 5 nitrogen and oxygen atoms in total. The van der Waals surface area contributed by atoms with E-state index >= 15 is 0 Å². The van der Waals surface area contributed by atoms with Crippen LogP contribution in [0.1, 0.15) is 18.1 Å². The molecule has 1 aromatic carbocycles. The van der Waals surface area contributed by atoms with Crippen LogP contribution in [0.2, 0.25) is 0 Å². The van der Waals surface area contributed by atoms with Gasteiger partial charge in [0, 0.05) is 13.3 Å². The van der Waals surface area contributed by atoms with E-state index in [2.05, 4.69) is 8.92 Å². The number of carbonyl (C=O) groups is 1. The minimum atomic E-state index is -6.02. The molecule has 0 saturated carbocycles. The van der Waals surface area contributed by atoms with Crippen molar-refractivity contribution < 1.29 is 48.5 Å². The number of carbonyl (C=O) groups excluding carboxylic acids is 1. The molecule has 12 heteroatoms. The highest BCUT2D eigenvalue weighted by atomic mass is 32.2. The van der Waals surface area contributed by atoms with Crippen molar-refractivity contribution in [2.24, 2.45) is 0 Å². The van der Waals surface area contributed by atoms with Gasteiger partial charge in [0.25, 0.3) is 0 Å². The topological polar surface area (TPSA) is 69.7 Å². The van der Waals surface area contributed by atoms with Crippen molar-refractivity contribution in [2.75, 3.05) is 6.61 Å². The van der Waals surface area contributed by atoms with Crippen LogP contribution < -0.4 is 4.18 Å². The van der Waals surface area contributed by atoms with Gasteiger partial charge in [-0.25, -0.2) is 0 Å². The van der Waals surface area contributed by atoms with Gasteiger partial charge in [-0.05, 0) is 23.8 Å². The fourth-order valence-corrected chi connectivity index (χ4v) is 2.04. The van der Waals surface area contributed by atoms with Crippen molar-refractivity contribution in [1.82, 2.24) is 0 Å². The molecule has 1 aromatic rings. The van der Waals surface area contributed by atoms with Crippen LogP contribution in [-0.2, 0) is 32.2 Å². The van der Waals surface area contributed by atoms with Crippen LogP contribution in [0.4, 0.5) is 26.3 Å². The molecular formula is C12H10F6O5S. The number of hydrogen-bond donors (Lipinski definition) is 0. The van der Waals surface area contributed by atoms with E-state index in [9.17, 15) is 39.6 Å². The van der Waals surface area contributed by atoms with Gasteiger partial charge in [0.2, 0.25) is 0 Å². The summed E-state index contributed by atoms with van der Waals surface area (Å²) in [6.07, 6.45) is -5.34. The first-order chi connectivity index (χ1) is 10.7. The Morgan fingerprint density at radius 1 is 1.12 bits per heavy atom. The van der Waals surface area contributed by atoms with Gasteiger partial charge in [0.1, 0.15) is 5.75 Å². The van der Waals surface area contributed by atoms with E-state index in [1.807, 2.05) is 0 Å². The second kappa shape index (κ2) is 6.87. The number of hydrogen-bond acceptors (Lipinski definition) is 5. The predicted molar refractivity (Wildman–Crippen MR) is 67.4 cm³/mol. The molecule has 0 atom stereocenters. The Labute approximate surface area is 132 Å². The highest BCUT2D eigenvalue weighted by Gasteiger charge is 2.48. The molecule has 0 fully saturated rings. The van der Waals surface area contributed by atoms with Gasteiger partial charge in [0.15, 0.2) is 0 Å². The Hall–Kier alpha value is -1.98. The van der Waals surface area contributed by atoms with Gasteiger partial charge >= 0.3 is 27.8 Å². The normalized spacial score (nSPS) is 12.8. The van der Waals surface area contributed by atoms with E-state index < -0.39 is 57.7 Å². The molecule has 0 aliphatic heterocycles. The standard InChI is InChI=1S/C12H10F6O5S/c1-7(19)22-5-4-8-6-9(2-3-10(8)11(13,14)15)23-24(20,21)12(16,17)18/h2-3,6H,4-5H2,1H3. The summed E-state index contributed by atoms with van der Waals surface area (Å²) in [6.45, 7) is 0.536. The Bertz CT molecular complexity index is 708. The smallest absolute Gasteiger partial charge is 0.466 e. The lowest BCUT2D eigenvalue weighted by atomic mass is 10.0. The highest BCUT2D eigenvalue weighted by molar-refractivity contribution is 7.88. The quantitative estimate of drug-likeness (QED) is 0.340. The number of halogens is 6. The summed E-state index contributed by atoms with van der Waals surface area (Å²) in [5.41, 5.74) is -7.53. The maximum absolute atomic E-state index is 12.8. The fourth-order valence-electron chi connectivity index (χ4n) is 1.58. The summed E-state index contributed by atoms with van der Waals surface area (Å²) < 4.78 is 105. The molecule has 136 valence electrons. The summed E-state index contributed by atoms with van der Waals surface area (Å²) in [4.78, 5) is 10.6. The van der Waals surface area contributed by atoms with Crippen molar-refractivity contribution in [3.63, 3.8) is 0 Å². The van der Waals surface area contributed by atoms with Crippen LogP contribution in [0, 0.1) is 0 Å². The summed E-state index contributed by atoms with van der Waals surface area (Å²) in [7, 11) is -6.02. The zero-order valence-electron chi connectivity index (χ0n) is 11.9. The Morgan fingerprint density at radius 2 is 1.71 bits per heavy atom. The molecule has 0 amide bonds. The van der Waals surface area contributed by atoms with Gasteiger partial charge in [-0.2, -0.15) is 34.8 Å². The van der Waals surface area contributed by atoms with E-state index in [1.54, 1.807) is 0 Å². The van der Waals surface area contributed by atoms with Crippen molar-refractivity contribution in [3.8, 4) is 5.75 Å². The average Bonchev–Trinajstić information content (AvgIpc) is 2.35. The van der Waals surface area contributed by atoms with Crippen molar-refractivity contribution >= 4 is 16.1 Å². The third-order valence-corrected chi connectivity index (χ3v) is 3.53.